The molecule has 1 aromatic carbocycles. The molecule has 2 amide bonds. The fraction of sp³-hybridized carbons (Fsp3) is 0.421. The highest BCUT2D eigenvalue weighted by Gasteiger charge is 2.40. The number of hydrogen-bond donors (Lipinski definition) is 2. The van der Waals surface area contributed by atoms with Crippen LogP contribution in [0.1, 0.15) is 50.2 Å². The number of nitrogens with zero attached hydrogens (tertiary/aromatic N) is 1. The average Bonchev–Trinajstić information content (AvgIpc) is 2.61. The quantitative estimate of drug-likeness (QED) is 0.816. The van der Waals surface area contributed by atoms with E-state index in [0.29, 0.717) is 24.9 Å². The number of benzene rings is 1. The molecule has 1 saturated carbocycles. The molecule has 5 nitrogen and oxygen atoms in total. The molecule has 126 valence electrons. The highest BCUT2D eigenvalue weighted by atomic mass is 16.2. The molecule has 0 aromatic heterocycles. The summed E-state index contributed by atoms with van der Waals surface area (Å²) in [5.74, 6) is -0.364. The molecular weight excluding hydrogens is 302 g/mol. The van der Waals surface area contributed by atoms with Gasteiger partial charge in [-0.15, -0.1) is 0 Å². The first-order valence-corrected chi connectivity index (χ1v) is 8.38. The number of amides is 2. The number of nitriles is 1. The van der Waals surface area contributed by atoms with E-state index in [4.69, 9.17) is 5.26 Å². The SMILES string of the molecule is CCNC(=O)C1(NC(=O)/C=C/c2ccc(C#N)cc2)CCCCC1. The second-order valence-electron chi connectivity index (χ2n) is 6.06. The van der Waals surface area contributed by atoms with E-state index in [1.807, 2.05) is 6.92 Å². The molecule has 1 aliphatic rings. The van der Waals surface area contributed by atoms with Crippen LogP contribution in [0.15, 0.2) is 30.3 Å². The van der Waals surface area contributed by atoms with E-state index >= 15 is 0 Å². The van der Waals surface area contributed by atoms with Crippen LogP contribution < -0.4 is 10.6 Å². The second kappa shape index (κ2) is 8.30. The van der Waals surface area contributed by atoms with Crippen LogP contribution in [0.4, 0.5) is 0 Å². The molecule has 1 aromatic rings. The zero-order valence-corrected chi connectivity index (χ0v) is 14.0. The van der Waals surface area contributed by atoms with E-state index in [-0.39, 0.29) is 11.8 Å². The van der Waals surface area contributed by atoms with E-state index in [2.05, 4.69) is 16.7 Å². The minimum Gasteiger partial charge on any atom is -0.354 e. The molecule has 5 heteroatoms. The fourth-order valence-corrected chi connectivity index (χ4v) is 3.01. The maximum absolute atomic E-state index is 12.4. The molecule has 0 bridgehead atoms. The third kappa shape index (κ3) is 4.45. The molecule has 0 heterocycles. The predicted molar refractivity (Wildman–Crippen MR) is 92.8 cm³/mol. The molecule has 0 saturated heterocycles. The van der Waals surface area contributed by atoms with E-state index in [0.717, 1.165) is 24.8 Å². The zero-order chi connectivity index (χ0) is 17.4. The van der Waals surface area contributed by atoms with Crippen molar-refractivity contribution in [1.29, 1.82) is 5.26 Å². The number of carbonyl (C=O) groups excluding carboxylic acids is 2. The van der Waals surface area contributed by atoms with Crippen LogP contribution in [0, 0.1) is 11.3 Å². The van der Waals surface area contributed by atoms with Crippen LogP contribution in [0.2, 0.25) is 0 Å². The summed E-state index contributed by atoms with van der Waals surface area (Å²) >= 11 is 0. The van der Waals surface area contributed by atoms with Gasteiger partial charge < -0.3 is 10.6 Å². The largest absolute Gasteiger partial charge is 0.354 e. The van der Waals surface area contributed by atoms with Crippen LogP contribution in [0.25, 0.3) is 6.08 Å². The molecule has 1 fully saturated rings. The van der Waals surface area contributed by atoms with Gasteiger partial charge in [0.25, 0.3) is 0 Å². The van der Waals surface area contributed by atoms with Crippen molar-refractivity contribution in [3.63, 3.8) is 0 Å². The first kappa shape index (κ1) is 17.7. The Labute approximate surface area is 142 Å². The highest BCUT2D eigenvalue weighted by molar-refractivity contribution is 5.97. The second-order valence-corrected chi connectivity index (χ2v) is 6.06. The summed E-state index contributed by atoms with van der Waals surface area (Å²) in [5.41, 5.74) is 0.620. The van der Waals surface area contributed by atoms with Crippen molar-refractivity contribution in [2.75, 3.05) is 6.54 Å². The maximum Gasteiger partial charge on any atom is 0.245 e. The Morgan fingerprint density at radius 1 is 1.21 bits per heavy atom. The Morgan fingerprint density at radius 3 is 2.46 bits per heavy atom. The van der Waals surface area contributed by atoms with Gasteiger partial charge in [-0.1, -0.05) is 31.4 Å². The van der Waals surface area contributed by atoms with Gasteiger partial charge in [0.1, 0.15) is 5.54 Å². The van der Waals surface area contributed by atoms with E-state index in [9.17, 15) is 9.59 Å². The zero-order valence-electron chi connectivity index (χ0n) is 14.0. The maximum atomic E-state index is 12.4. The molecule has 24 heavy (non-hydrogen) atoms. The molecule has 1 aliphatic carbocycles. The van der Waals surface area contributed by atoms with Crippen molar-refractivity contribution in [3.8, 4) is 6.07 Å². The smallest absolute Gasteiger partial charge is 0.245 e. The third-order valence-electron chi connectivity index (χ3n) is 4.31. The van der Waals surface area contributed by atoms with Gasteiger partial charge in [-0.2, -0.15) is 5.26 Å². The molecule has 0 aliphatic heterocycles. The van der Waals surface area contributed by atoms with E-state index in [1.165, 1.54) is 6.08 Å². The fourth-order valence-electron chi connectivity index (χ4n) is 3.01. The Kier molecular flexibility index (Phi) is 6.14. The summed E-state index contributed by atoms with van der Waals surface area (Å²) < 4.78 is 0. The number of hydrogen-bond acceptors (Lipinski definition) is 3. The first-order chi connectivity index (χ1) is 11.6. The first-order valence-electron chi connectivity index (χ1n) is 8.38. The number of carbonyl (C=O) groups is 2. The lowest BCUT2D eigenvalue weighted by molar-refractivity contribution is -0.133. The Hall–Kier alpha value is -2.61. The summed E-state index contributed by atoms with van der Waals surface area (Å²) in [6, 6.07) is 9.02. The molecule has 0 spiro atoms. The summed E-state index contributed by atoms with van der Waals surface area (Å²) in [4.78, 5) is 24.7. The number of nitrogens with one attached hydrogen (secondary N) is 2. The minimum absolute atomic E-state index is 0.0928. The lowest BCUT2D eigenvalue weighted by Crippen LogP contribution is -2.59. The summed E-state index contributed by atoms with van der Waals surface area (Å²) in [7, 11) is 0. The number of rotatable bonds is 5. The summed E-state index contributed by atoms with van der Waals surface area (Å²) in [6.45, 7) is 2.43. The van der Waals surface area contributed by atoms with Gasteiger partial charge in [0.05, 0.1) is 11.6 Å². The van der Waals surface area contributed by atoms with Crippen LogP contribution in [-0.4, -0.2) is 23.9 Å². The molecule has 0 radical (unpaired) electrons. The Bertz CT molecular complexity index is 650. The van der Waals surface area contributed by atoms with Crippen molar-refractivity contribution in [2.45, 2.75) is 44.6 Å². The third-order valence-corrected chi connectivity index (χ3v) is 4.31. The highest BCUT2D eigenvalue weighted by Crippen LogP contribution is 2.28. The van der Waals surface area contributed by atoms with Crippen molar-refractivity contribution in [1.82, 2.24) is 10.6 Å². The average molecular weight is 325 g/mol. The van der Waals surface area contributed by atoms with Gasteiger partial charge in [0.15, 0.2) is 0 Å². The summed E-state index contributed by atoms with van der Waals surface area (Å²) in [5, 5.41) is 14.5. The monoisotopic (exact) mass is 325 g/mol. The van der Waals surface area contributed by atoms with Gasteiger partial charge in [0, 0.05) is 12.6 Å². The van der Waals surface area contributed by atoms with Crippen LogP contribution in [0.3, 0.4) is 0 Å². The van der Waals surface area contributed by atoms with Gasteiger partial charge in [0.2, 0.25) is 11.8 Å². The lowest BCUT2D eigenvalue weighted by Gasteiger charge is -2.36. The van der Waals surface area contributed by atoms with Crippen molar-refractivity contribution in [3.05, 3.63) is 41.5 Å². The standard InChI is InChI=1S/C19H23N3O2/c1-2-21-18(24)19(12-4-3-5-13-19)22-17(23)11-10-15-6-8-16(14-20)9-7-15/h6-11H,2-5,12-13H2,1H3,(H,21,24)(H,22,23)/b11-10+. The van der Waals surface area contributed by atoms with Crippen LogP contribution in [-0.2, 0) is 9.59 Å². The van der Waals surface area contributed by atoms with Crippen molar-refractivity contribution in [2.24, 2.45) is 0 Å². The molecule has 2 rings (SSSR count). The molecule has 2 N–H and O–H groups in total. The minimum atomic E-state index is -0.791. The Balaban J connectivity index is 2.05. The lowest BCUT2D eigenvalue weighted by atomic mass is 9.80. The van der Waals surface area contributed by atoms with Gasteiger partial charge in [-0.3, -0.25) is 9.59 Å². The van der Waals surface area contributed by atoms with Crippen molar-refractivity contribution < 1.29 is 9.59 Å². The van der Waals surface area contributed by atoms with Gasteiger partial charge in [-0.05, 0) is 43.5 Å². The summed E-state index contributed by atoms with van der Waals surface area (Å²) in [6.07, 6.45) is 7.46. The topological polar surface area (TPSA) is 82.0 Å². The number of likely N-dealkylation sites (N-methyl/N-ethyl adjacent to an activating group) is 1. The van der Waals surface area contributed by atoms with Gasteiger partial charge in [-0.25, -0.2) is 0 Å². The van der Waals surface area contributed by atoms with E-state index in [1.54, 1.807) is 30.3 Å². The van der Waals surface area contributed by atoms with E-state index < -0.39 is 5.54 Å². The van der Waals surface area contributed by atoms with Gasteiger partial charge >= 0.3 is 0 Å². The predicted octanol–water partition coefficient (Wildman–Crippen LogP) is 2.53. The molecule has 0 unspecified atom stereocenters. The normalized spacial score (nSPS) is 16.3. The van der Waals surface area contributed by atoms with Crippen molar-refractivity contribution >= 4 is 17.9 Å². The van der Waals surface area contributed by atoms with Crippen LogP contribution >= 0.6 is 0 Å². The van der Waals surface area contributed by atoms with Crippen LogP contribution in [0.5, 0.6) is 0 Å². The Morgan fingerprint density at radius 2 is 1.88 bits per heavy atom. The molecular formula is C19H23N3O2. The molecule has 0 atom stereocenters.